The van der Waals surface area contributed by atoms with E-state index in [0.717, 1.165) is 0 Å². The van der Waals surface area contributed by atoms with Crippen LogP contribution in [0.5, 0.6) is 0 Å². The molecule has 0 fully saturated rings. The SMILES string of the molecule is CC(C)(C)OC(=O)c1c[nH]c2cnc(Br)nc2c1=O. The van der Waals surface area contributed by atoms with Crippen LogP contribution in [0.4, 0.5) is 0 Å². The molecule has 6 nitrogen and oxygen atoms in total. The molecule has 2 rings (SSSR count). The first-order valence-corrected chi connectivity index (χ1v) is 6.34. The van der Waals surface area contributed by atoms with Gasteiger partial charge in [-0.3, -0.25) is 4.79 Å². The van der Waals surface area contributed by atoms with Crippen LogP contribution in [0.15, 0.2) is 21.9 Å². The van der Waals surface area contributed by atoms with E-state index in [1.54, 1.807) is 20.8 Å². The van der Waals surface area contributed by atoms with Gasteiger partial charge in [-0.05, 0) is 36.7 Å². The van der Waals surface area contributed by atoms with Crippen LogP contribution in [0.3, 0.4) is 0 Å². The number of carbonyl (C=O) groups excluding carboxylic acids is 1. The molecule has 0 aliphatic rings. The molecule has 100 valence electrons. The van der Waals surface area contributed by atoms with Gasteiger partial charge in [0.25, 0.3) is 0 Å². The summed E-state index contributed by atoms with van der Waals surface area (Å²) in [6.45, 7) is 5.21. The largest absolute Gasteiger partial charge is 0.456 e. The smallest absolute Gasteiger partial charge is 0.344 e. The highest BCUT2D eigenvalue weighted by atomic mass is 79.9. The predicted molar refractivity (Wildman–Crippen MR) is 73.0 cm³/mol. The lowest BCUT2D eigenvalue weighted by molar-refractivity contribution is 0.00679. The molecular formula is C12H12BrN3O3. The van der Waals surface area contributed by atoms with Crippen molar-refractivity contribution in [2.45, 2.75) is 26.4 Å². The number of halogens is 1. The average molecular weight is 326 g/mol. The van der Waals surface area contributed by atoms with Gasteiger partial charge in [-0.2, -0.15) is 0 Å². The Morgan fingerprint density at radius 3 is 2.74 bits per heavy atom. The molecular weight excluding hydrogens is 314 g/mol. The number of ether oxygens (including phenoxy) is 1. The van der Waals surface area contributed by atoms with Crippen molar-refractivity contribution in [3.05, 3.63) is 32.9 Å². The standard InChI is InChI=1S/C12H12BrN3O3/c1-12(2,3)19-10(18)6-4-14-7-5-15-11(13)16-8(7)9(6)17/h4-5H,1-3H3,(H,14,17). The van der Waals surface area contributed by atoms with Crippen LogP contribution in [-0.2, 0) is 4.74 Å². The van der Waals surface area contributed by atoms with E-state index in [9.17, 15) is 9.59 Å². The molecule has 0 aromatic carbocycles. The number of hydrogen-bond donors (Lipinski definition) is 1. The van der Waals surface area contributed by atoms with Gasteiger partial charge in [0, 0.05) is 6.20 Å². The molecule has 7 heteroatoms. The third kappa shape index (κ3) is 2.98. The molecule has 0 unspecified atom stereocenters. The quantitative estimate of drug-likeness (QED) is 0.640. The van der Waals surface area contributed by atoms with Crippen LogP contribution in [0.2, 0.25) is 0 Å². The molecule has 2 aromatic heterocycles. The molecule has 0 saturated heterocycles. The Labute approximate surface area is 117 Å². The van der Waals surface area contributed by atoms with Gasteiger partial charge in [0.05, 0.1) is 11.7 Å². The molecule has 0 aliphatic heterocycles. The number of rotatable bonds is 1. The molecule has 0 atom stereocenters. The van der Waals surface area contributed by atoms with Gasteiger partial charge in [0.1, 0.15) is 16.7 Å². The van der Waals surface area contributed by atoms with Crippen molar-refractivity contribution in [1.82, 2.24) is 15.0 Å². The van der Waals surface area contributed by atoms with Crippen LogP contribution >= 0.6 is 15.9 Å². The van der Waals surface area contributed by atoms with Crippen molar-refractivity contribution in [2.24, 2.45) is 0 Å². The Kier molecular flexibility index (Phi) is 3.40. The van der Waals surface area contributed by atoms with Crippen LogP contribution in [0.1, 0.15) is 31.1 Å². The number of H-pyrrole nitrogens is 1. The van der Waals surface area contributed by atoms with Gasteiger partial charge in [0.15, 0.2) is 4.73 Å². The van der Waals surface area contributed by atoms with Gasteiger partial charge in [-0.1, -0.05) is 0 Å². The van der Waals surface area contributed by atoms with E-state index >= 15 is 0 Å². The normalized spacial score (nSPS) is 11.6. The van der Waals surface area contributed by atoms with Gasteiger partial charge in [0.2, 0.25) is 5.43 Å². The molecule has 0 bridgehead atoms. The third-order valence-electron chi connectivity index (χ3n) is 2.21. The van der Waals surface area contributed by atoms with Crippen LogP contribution in [0.25, 0.3) is 11.0 Å². The van der Waals surface area contributed by atoms with Gasteiger partial charge < -0.3 is 9.72 Å². The first kappa shape index (κ1) is 13.7. The molecule has 0 amide bonds. The van der Waals surface area contributed by atoms with Crippen molar-refractivity contribution < 1.29 is 9.53 Å². The van der Waals surface area contributed by atoms with Gasteiger partial charge in [-0.25, -0.2) is 14.8 Å². The summed E-state index contributed by atoms with van der Waals surface area (Å²) >= 11 is 3.09. The lowest BCUT2D eigenvalue weighted by Gasteiger charge is -2.19. The first-order chi connectivity index (χ1) is 8.78. The Hall–Kier alpha value is -1.76. The molecule has 0 spiro atoms. The summed E-state index contributed by atoms with van der Waals surface area (Å²) in [5, 5.41) is 0. The number of carbonyl (C=O) groups is 1. The number of aromatic amines is 1. The minimum absolute atomic E-state index is 0.0759. The second kappa shape index (κ2) is 4.73. The average Bonchev–Trinajstić information content (AvgIpc) is 2.28. The second-order valence-electron chi connectivity index (χ2n) is 4.93. The minimum atomic E-state index is -0.676. The number of pyridine rings is 1. The summed E-state index contributed by atoms with van der Waals surface area (Å²) < 4.78 is 5.45. The number of nitrogens with one attached hydrogen (secondary N) is 1. The Bertz CT molecular complexity index is 703. The number of fused-ring (bicyclic) bond motifs is 1. The van der Waals surface area contributed by atoms with E-state index < -0.39 is 17.0 Å². The Balaban J connectivity index is 2.54. The lowest BCUT2D eigenvalue weighted by Crippen LogP contribution is -2.27. The molecule has 0 aliphatic carbocycles. The lowest BCUT2D eigenvalue weighted by atomic mass is 10.2. The highest BCUT2D eigenvalue weighted by molar-refractivity contribution is 9.10. The van der Waals surface area contributed by atoms with Crippen molar-refractivity contribution in [2.75, 3.05) is 0 Å². The van der Waals surface area contributed by atoms with Crippen molar-refractivity contribution >= 4 is 32.9 Å². The zero-order valence-corrected chi connectivity index (χ0v) is 12.2. The highest BCUT2D eigenvalue weighted by Crippen LogP contribution is 2.12. The molecule has 2 aromatic rings. The summed E-state index contributed by atoms with van der Waals surface area (Å²) in [7, 11) is 0. The van der Waals surface area contributed by atoms with Crippen LogP contribution < -0.4 is 5.43 Å². The third-order valence-corrected chi connectivity index (χ3v) is 2.59. The zero-order chi connectivity index (χ0) is 14.2. The highest BCUT2D eigenvalue weighted by Gasteiger charge is 2.21. The fraction of sp³-hybridized carbons (Fsp3) is 0.333. The summed E-state index contributed by atoms with van der Waals surface area (Å²) in [5.74, 6) is -0.676. The topological polar surface area (TPSA) is 84.9 Å². The number of aromatic nitrogens is 3. The Morgan fingerprint density at radius 2 is 2.11 bits per heavy atom. The molecule has 1 N–H and O–H groups in total. The van der Waals surface area contributed by atoms with Crippen molar-refractivity contribution in [1.29, 1.82) is 0 Å². The summed E-state index contributed by atoms with van der Waals surface area (Å²) in [6.07, 6.45) is 2.78. The van der Waals surface area contributed by atoms with E-state index in [2.05, 4.69) is 30.9 Å². The number of esters is 1. The van der Waals surface area contributed by atoms with Gasteiger partial charge in [-0.15, -0.1) is 0 Å². The van der Waals surface area contributed by atoms with Crippen LogP contribution in [-0.4, -0.2) is 26.5 Å². The van der Waals surface area contributed by atoms with Crippen molar-refractivity contribution in [3.8, 4) is 0 Å². The molecule has 0 radical (unpaired) electrons. The van der Waals surface area contributed by atoms with E-state index in [4.69, 9.17) is 4.74 Å². The molecule has 19 heavy (non-hydrogen) atoms. The second-order valence-corrected chi connectivity index (χ2v) is 5.64. The Morgan fingerprint density at radius 1 is 1.42 bits per heavy atom. The predicted octanol–water partition coefficient (Wildman–Crippen LogP) is 2.04. The summed E-state index contributed by atoms with van der Waals surface area (Å²) in [6, 6.07) is 0. The maximum atomic E-state index is 12.2. The van der Waals surface area contributed by atoms with Crippen LogP contribution in [0, 0.1) is 0 Å². The zero-order valence-electron chi connectivity index (χ0n) is 10.7. The number of hydrogen-bond acceptors (Lipinski definition) is 5. The van der Waals surface area contributed by atoms with E-state index in [1.165, 1.54) is 12.4 Å². The maximum absolute atomic E-state index is 12.2. The molecule has 0 saturated carbocycles. The summed E-state index contributed by atoms with van der Waals surface area (Å²) in [5.41, 5.74) is -0.616. The van der Waals surface area contributed by atoms with Gasteiger partial charge >= 0.3 is 5.97 Å². The maximum Gasteiger partial charge on any atom is 0.344 e. The van der Waals surface area contributed by atoms with E-state index in [-0.39, 0.29) is 15.8 Å². The monoisotopic (exact) mass is 325 g/mol. The summed E-state index contributed by atoms with van der Waals surface area (Å²) in [4.78, 5) is 34.8. The fourth-order valence-electron chi connectivity index (χ4n) is 1.47. The minimum Gasteiger partial charge on any atom is -0.456 e. The van der Waals surface area contributed by atoms with Crippen molar-refractivity contribution in [3.63, 3.8) is 0 Å². The molecule has 2 heterocycles. The number of nitrogens with zero attached hydrogens (tertiary/aromatic N) is 2. The van der Waals surface area contributed by atoms with E-state index in [0.29, 0.717) is 5.52 Å². The van der Waals surface area contributed by atoms with E-state index in [1.807, 2.05) is 0 Å². The fourth-order valence-corrected chi connectivity index (χ4v) is 1.75. The first-order valence-electron chi connectivity index (χ1n) is 5.55.